The lowest BCUT2D eigenvalue weighted by Crippen LogP contribution is -2.24. The van der Waals surface area contributed by atoms with Crippen LogP contribution in [0.5, 0.6) is 0 Å². The SMILES string of the molecule is CCNC(c1cc(C)c(C)cc1C)c1cc(Cl)ccc1F. The van der Waals surface area contributed by atoms with Gasteiger partial charge in [-0.05, 0) is 67.8 Å². The lowest BCUT2D eigenvalue weighted by Gasteiger charge is -2.23. The van der Waals surface area contributed by atoms with E-state index in [1.165, 1.54) is 17.2 Å². The van der Waals surface area contributed by atoms with Gasteiger partial charge in [0, 0.05) is 10.6 Å². The van der Waals surface area contributed by atoms with Crippen LogP contribution in [0.4, 0.5) is 4.39 Å². The molecule has 0 heterocycles. The number of halogens is 2. The van der Waals surface area contributed by atoms with Crippen LogP contribution in [0.1, 0.15) is 40.8 Å². The Balaban J connectivity index is 2.58. The molecule has 0 aliphatic carbocycles. The van der Waals surface area contributed by atoms with Gasteiger partial charge in [0.15, 0.2) is 0 Å². The highest BCUT2D eigenvalue weighted by Crippen LogP contribution is 2.30. The molecule has 1 nitrogen and oxygen atoms in total. The molecule has 1 N–H and O–H groups in total. The first kappa shape index (κ1) is 16.0. The maximum Gasteiger partial charge on any atom is 0.128 e. The fraction of sp³-hybridized carbons (Fsp3) is 0.333. The maximum absolute atomic E-state index is 14.2. The second kappa shape index (κ2) is 6.59. The van der Waals surface area contributed by atoms with E-state index in [1.807, 2.05) is 6.92 Å². The van der Waals surface area contributed by atoms with Crippen molar-refractivity contribution in [2.24, 2.45) is 0 Å². The number of hydrogen-bond donors (Lipinski definition) is 1. The molecule has 2 aromatic carbocycles. The summed E-state index contributed by atoms with van der Waals surface area (Å²) in [6, 6.07) is 8.82. The average molecular weight is 306 g/mol. The summed E-state index contributed by atoms with van der Waals surface area (Å²) in [6.07, 6.45) is 0. The van der Waals surface area contributed by atoms with Gasteiger partial charge in [-0.2, -0.15) is 0 Å². The van der Waals surface area contributed by atoms with E-state index < -0.39 is 0 Å². The summed E-state index contributed by atoms with van der Waals surface area (Å²) in [5.74, 6) is -0.233. The Labute approximate surface area is 131 Å². The molecule has 1 atom stereocenters. The third kappa shape index (κ3) is 3.45. The molecule has 3 heteroatoms. The van der Waals surface area contributed by atoms with Crippen molar-refractivity contribution in [2.75, 3.05) is 6.54 Å². The fourth-order valence-corrected chi connectivity index (χ4v) is 2.80. The van der Waals surface area contributed by atoms with Crippen molar-refractivity contribution in [3.05, 3.63) is 69.0 Å². The van der Waals surface area contributed by atoms with Gasteiger partial charge in [0.1, 0.15) is 5.82 Å². The Morgan fingerprint density at radius 1 is 1.00 bits per heavy atom. The average Bonchev–Trinajstić information content (AvgIpc) is 2.43. The first-order valence-electron chi connectivity index (χ1n) is 7.20. The second-order valence-corrected chi connectivity index (χ2v) is 5.89. The monoisotopic (exact) mass is 305 g/mol. The Bertz CT molecular complexity index is 652. The second-order valence-electron chi connectivity index (χ2n) is 5.45. The van der Waals surface area contributed by atoms with Gasteiger partial charge in [0.2, 0.25) is 0 Å². The summed E-state index contributed by atoms with van der Waals surface area (Å²) < 4.78 is 14.2. The molecule has 0 spiro atoms. The van der Waals surface area contributed by atoms with Crippen molar-refractivity contribution in [1.29, 1.82) is 0 Å². The highest BCUT2D eigenvalue weighted by atomic mass is 35.5. The van der Waals surface area contributed by atoms with Crippen LogP contribution in [-0.2, 0) is 0 Å². The molecule has 1 unspecified atom stereocenters. The molecule has 2 rings (SSSR count). The van der Waals surface area contributed by atoms with Crippen LogP contribution in [0, 0.1) is 26.6 Å². The van der Waals surface area contributed by atoms with Crippen LogP contribution >= 0.6 is 11.6 Å². The van der Waals surface area contributed by atoms with Gasteiger partial charge in [0.25, 0.3) is 0 Å². The van der Waals surface area contributed by atoms with E-state index in [0.29, 0.717) is 10.6 Å². The van der Waals surface area contributed by atoms with Gasteiger partial charge >= 0.3 is 0 Å². The smallest absolute Gasteiger partial charge is 0.128 e. The largest absolute Gasteiger partial charge is 0.306 e. The highest BCUT2D eigenvalue weighted by molar-refractivity contribution is 6.30. The van der Waals surface area contributed by atoms with E-state index >= 15 is 0 Å². The summed E-state index contributed by atoms with van der Waals surface area (Å²) in [4.78, 5) is 0. The molecule has 0 fully saturated rings. The van der Waals surface area contributed by atoms with Gasteiger partial charge in [-0.1, -0.05) is 30.7 Å². The summed E-state index contributed by atoms with van der Waals surface area (Å²) in [5.41, 5.74) is 5.30. The minimum absolute atomic E-state index is 0.187. The van der Waals surface area contributed by atoms with E-state index in [4.69, 9.17) is 11.6 Å². The highest BCUT2D eigenvalue weighted by Gasteiger charge is 2.19. The van der Waals surface area contributed by atoms with Crippen molar-refractivity contribution in [3.8, 4) is 0 Å². The zero-order valence-corrected chi connectivity index (χ0v) is 13.7. The first-order valence-corrected chi connectivity index (χ1v) is 7.58. The number of rotatable bonds is 4. The standard InChI is InChI=1S/C18H21ClFN/c1-5-21-18(16-10-14(19)6-7-17(16)20)15-9-12(3)11(2)8-13(15)4/h6-10,18,21H,5H2,1-4H3. The van der Waals surface area contributed by atoms with Crippen LogP contribution in [0.25, 0.3) is 0 Å². The van der Waals surface area contributed by atoms with Crippen molar-refractivity contribution >= 4 is 11.6 Å². The summed E-state index contributed by atoms with van der Waals surface area (Å²) in [7, 11) is 0. The van der Waals surface area contributed by atoms with Gasteiger partial charge in [0.05, 0.1) is 6.04 Å². The summed E-state index contributed by atoms with van der Waals surface area (Å²) >= 11 is 6.05. The van der Waals surface area contributed by atoms with Gasteiger partial charge in [-0.3, -0.25) is 0 Å². The first-order chi connectivity index (χ1) is 9.93. The van der Waals surface area contributed by atoms with E-state index in [1.54, 1.807) is 12.1 Å². The summed E-state index contributed by atoms with van der Waals surface area (Å²) in [5, 5.41) is 3.92. The molecule has 2 aromatic rings. The van der Waals surface area contributed by atoms with Crippen molar-refractivity contribution in [2.45, 2.75) is 33.7 Å². The van der Waals surface area contributed by atoms with Crippen molar-refractivity contribution < 1.29 is 4.39 Å². The molecular formula is C18H21ClFN. The maximum atomic E-state index is 14.2. The molecule has 0 saturated heterocycles. The molecule has 112 valence electrons. The zero-order valence-electron chi connectivity index (χ0n) is 12.9. The number of benzene rings is 2. The molecular weight excluding hydrogens is 285 g/mol. The van der Waals surface area contributed by atoms with Crippen LogP contribution in [0.2, 0.25) is 5.02 Å². The van der Waals surface area contributed by atoms with Gasteiger partial charge in [-0.15, -0.1) is 0 Å². The Hall–Kier alpha value is -1.38. The molecule has 0 radical (unpaired) electrons. The lowest BCUT2D eigenvalue weighted by atomic mass is 9.91. The minimum atomic E-state index is -0.233. The Morgan fingerprint density at radius 3 is 2.33 bits per heavy atom. The lowest BCUT2D eigenvalue weighted by molar-refractivity contribution is 0.557. The zero-order chi connectivity index (χ0) is 15.6. The fourth-order valence-electron chi connectivity index (χ4n) is 2.62. The molecule has 0 bridgehead atoms. The third-order valence-corrected chi connectivity index (χ3v) is 4.11. The van der Waals surface area contributed by atoms with Crippen LogP contribution in [-0.4, -0.2) is 6.54 Å². The predicted molar refractivity (Wildman–Crippen MR) is 87.6 cm³/mol. The van der Waals surface area contributed by atoms with E-state index in [9.17, 15) is 4.39 Å². The number of aryl methyl sites for hydroxylation is 3. The third-order valence-electron chi connectivity index (χ3n) is 3.87. The Morgan fingerprint density at radius 2 is 1.67 bits per heavy atom. The molecule has 21 heavy (non-hydrogen) atoms. The molecule has 0 amide bonds. The quantitative estimate of drug-likeness (QED) is 0.828. The summed E-state index contributed by atoms with van der Waals surface area (Å²) in [6.45, 7) is 9.01. The van der Waals surface area contributed by atoms with Crippen LogP contribution in [0.15, 0.2) is 30.3 Å². The predicted octanol–water partition coefficient (Wildman–Crippen LogP) is 5.10. The number of nitrogens with one attached hydrogen (secondary N) is 1. The normalized spacial score (nSPS) is 12.5. The number of hydrogen-bond acceptors (Lipinski definition) is 1. The van der Waals surface area contributed by atoms with Crippen LogP contribution in [0.3, 0.4) is 0 Å². The van der Waals surface area contributed by atoms with E-state index in [0.717, 1.165) is 17.7 Å². The molecule has 0 saturated carbocycles. The van der Waals surface area contributed by atoms with E-state index in [-0.39, 0.29) is 11.9 Å². The van der Waals surface area contributed by atoms with Crippen molar-refractivity contribution in [3.63, 3.8) is 0 Å². The Kier molecular flexibility index (Phi) is 5.02. The van der Waals surface area contributed by atoms with Gasteiger partial charge in [-0.25, -0.2) is 4.39 Å². The molecule has 0 aromatic heterocycles. The molecule has 0 aliphatic rings. The minimum Gasteiger partial charge on any atom is -0.306 e. The van der Waals surface area contributed by atoms with Gasteiger partial charge < -0.3 is 5.32 Å². The van der Waals surface area contributed by atoms with Crippen molar-refractivity contribution in [1.82, 2.24) is 5.32 Å². The topological polar surface area (TPSA) is 12.0 Å². The van der Waals surface area contributed by atoms with E-state index in [2.05, 4.69) is 38.2 Å². The van der Waals surface area contributed by atoms with Crippen LogP contribution < -0.4 is 5.32 Å². The molecule has 0 aliphatic heterocycles.